The topological polar surface area (TPSA) is 95.5 Å². The van der Waals surface area contributed by atoms with Gasteiger partial charge in [0.1, 0.15) is 5.82 Å². The Bertz CT molecular complexity index is 877. The van der Waals surface area contributed by atoms with E-state index in [0.717, 1.165) is 5.82 Å². The highest BCUT2D eigenvalue weighted by atomic mass is 32.2. The summed E-state index contributed by atoms with van der Waals surface area (Å²) in [5.41, 5.74) is 0.583. The summed E-state index contributed by atoms with van der Waals surface area (Å²) in [5.74, 6) is 0.504. The lowest BCUT2D eigenvalue weighted by molar-refractivity contribution is -0.118. The van der Waals surface area contributed by atoms with Crippen LogP contribution in [0.3, 0.4) is 0 Å². The lowest BCUT2D eigenvalue weighted by Crippen LogP contribution is -2.48. The monoisotopic (exact) mass is 389 g/mol. The summed E-state index contributed by atoms with van der Waals surface area (Å²) in [4.78, 5) is 22.3. The molecule has 0 spiro atoms. The predicted octanol–water partition coefficient (Wildman–Crippen LogP) is 1.58. The molecule has 0 saturated carbocycles. The van der Waals surface area contributed by atoms with E-state index in [-0.39, 0.29) is 16.7 Å². The maximum Gasteiger partial charge on any atom is 0.243 e. The van der Waals surface area contributed by atoms with Crippen LogP contribution in [0.15, 0.2) is 47.8 Å². The van der Waals surface area contributed by atoms with Gasteiger partial charge in [-0.05, 0) is 24.3 Å². The van der Waals surface area contributed by atoms with E-state index in [4.69, 9.17) is 0 Å². The van der Waals surface area contributed by atoms with Crippen molar-refractivity contribution in [1.29, 1.82) is 0 Å². The van der Waals surface area contributed by atoms with Crippen molar-refractivity contribution in [3.05, 3.63) is 42.9 Å². The molecule has 1 aromatic carbocycles. The van der Waals surface area contributed by atoms with E-state index in [9.17, 15) is 13.2 Å². The zero-order valence-electron chi connectivity index (χ0n) is 15.4. The van der Waals surface area contributed by atoms with Crippen molar-refractivity contribution in [2.45, 2.75) is 18.7 Å². The summed E-state index contributed by atoms with van der Waals surface area (Å²) in [7, 11) is -3.57. The number of nitrogens with one attached hydrogen (secondary N) is 1. The van der Waals surface area contributed by atoms with Crippen LogP contribution in [0.4, 0.5) is 11.5 Å². The molecule has 2 aromatic rings. The molecule has 0 atom stereocenters. The quantitative estimate of drug-likeness (QED) is 0.834. The molecule has 1 aliphatic rings. The third kappa shape index (κ3) is 4.42. The van der Waals surface area contributed by atoms with Gasteiger partial charge in [-0.2, -0.15) is 4.31 Å². The van der Waals surface area contributed by atoms with E-state index >= 15 is 0 Å². The zero-order chi connectivity index (χ0) is 19.4. The third-order valence-electron chi connectivity index (χ3n) is 4.40. The van der Waals surface area contributed by atoms with Crippen LogP contribution in [0.5, 0.6) is 0 Å². The molecule has 1 saturated heterocycles. The molecule has 27 heavy (non-hydrogen) atoms. The number of carbonyl (C=O) groups excluding carboxylic acids is 1. The Morgan fingerprint density at radius 2 is 1.74 bits per heavy atom. The van der Waals surface area contributed by atoms with Gasteiger partial charge in [-0.1, -0.05) is 13.8 Å². The maximum absolute atomic E-state index is 12.9. The fourth-order valence-corrected chi connectivity index (χ4v) is 4.18. The number of anilines is 2. The summed E-state index contributed by atoms with van der Waals surface area (Å²) in [6.45, 7) is 5.47. The first-order chi connectivity index (χ1) is 12.9. The first kappa shape index (κ1) is 19.2. The van der Waals surface area contributed by atoms with E-state index in [2.05, 4.69) is 15.3 Å². The Balaban J connectivity index is 1.66. The molecular formula is C18H23N5O3S. The van der Waals surface area contributed by atoms with E-state index in [0.29, 0.717) is 31.9 Å². The van der Waals surface area contributed by atoms with Crippen molar-refractivity contribution in [3.63, 3.8) is 0 Å². The van der Waals surface area contributed by atoms with Gasteiger partial charge >= 0.3 is 0 Å². The zero-order valence-corrected chi connectivity index (χ0v) is 16.2. The van der Waals surface area contributed by atoms with Gasteiger partial charge in [0.25, 0.3) is 0 Å². The standard InChI is InChI=1S/C18H23N5O3S/c1-14(2)18(24)21-15-3-5-16(6-4-15)27(25,26)23-11-9-22(10-12-23)17-13-19-7-8-20-17/h3-8,13-14H,9-12H2,1-2H3,(H,21,24). The Labute approximate surface area is 159 Å². The number of hydrogen-bond donors (Lipinski definition) is 1. The number of amides is 1. The average Bonchev–Trinajstić information content (AvgIpc) is 2.69. The van der Waals surface area contributed by atoms with Gasteiger partial charge in [-0.15, -0.1) is 0 Å². The fraction of sp³-hybridized carbons (Fsp3) is 0.389. The molecule has 1 aliphatic heterocycles. The highest BCUT2D eigenvalue weighted by Gasteiger charge is 2.29. The molecule has 1 fully saturated rings. The van der Waals surface area contributed by atoms with Crippen molar-refractivity contribution in [3.8, 4) is 0 Å². The Morgan fingerprint density at radius 1 is 1.07 bits per heavy atom. The lowest BCUT2D eigenvalue weighted by atomic mass is 10.2. The molecule has 1 amide bonds. The average molecular weight is 389 g/mol. The number of benzene rings is 1. The van der Waals surface area contributed by atoms with E-state index < -0.39 is 10.0 Å². The minimum atomic E-state index is -3.57. The van der Waals surface area contributed by atoms with Gasteiger partial charge in [0.15, 0.2) is 0 Å². The molecule has 144 valence electrons. The van der Waals surface area contributed by atoms with Crippen LogP contribution >= 0.6 is 0 Å². The van der Waals surface area contributed by atoms with Crippen molar-refractivity contribution in [2.75, 3.05) is 36.4 Å². The molecule has 9 heteroatoms. The Kier molecular flexibility index (Phi) is 5.71. The summed E-state index contributed by atoms with van der Waals surface area (Å²) < 4.78 is 27.2. The van der Waals surface area contributed by atoms with Gasteiger partial charge in [0.05, 0.1) is 11.1 Å². The van der Waals surface area contributed by atoms with Crippen LogP contribution in [0, 0.1) is 5.92 Å². The minimum absolute atomic E-state index is 0.106. The smallest absolute Gasteiger partial charge is 0.243 e. The molecule has 1 N–H and O–H groups in total. The van der Waals surface area contributed by atoms with Crippen LogP contribution in [-0.4, -0.2) is 54.8 Å². The number of hydrogen-bond acceptors (Lipinski definition) is 6. The number of sulfonamides is 1. The van der Waals surface area contributed by atoms with Gasteiger partial charge < -0.3 is 10.2 Å². The van der Waals surface area contributed by atoms with Crippen molar-refractivity contribution in [1.82, 2.24) is 14.3 Å². The molecule has 0 radical (unpaired) electrons. The summed E-state index contributed by atoms with van der Waals surface area (Å²) >= 11 is 0. The van der Waals surface area contributed by atoms with Crippen LogP contribution < -0.4 is 10.2 Å². The van der Waals surface area contributed by atoms with Crippen molar-refractivity contribution < 1.29 is 13.2 Å². The Morgan fingerprint density at radius 3 is 2.30 bits per heavy atom. The lowest BCUT2D eigenvalue weighted by Gasteiger charge is -2.34. The number of aromatic nitrogens is 2. The summed E-state index contributed by atoms with van der Waals surface area (Å²) in [6, 6.07) is 6.28. The number of rotatable bonds is 5. The van der Waals surface area contributed by atoms with Gasteiger partial charge in [0.2, 0.25) is 15.9 Å². The first-order valence-electron chi connectivity index (χ1n) is 8.80. The molecular weight excluding hydrogens is 366 g/mol. The molecule has 0 unspecified atom stereocenters. The molecule has 2 heterocycles. The number of piperazine rings is 1. The second kappa shape index (κ2) is 8.01. The molecule has 8 nitrogen and oxygen atoms in total. The minimum Gasteiger partial charge on any atom is -0.353 e. The van der Waals surface area contributed by atoms with Crippen LogP contribution in [0.1, 0.15) is 13.8 Å². The Hall–Kier alpha value is -2.52. The first-order valence-corrected chi connectivity index (χ1v) is 10.2. The third-order valence-corrected chi connectivity index (χ3v) is 6.31. The second-order valence-electron chi connectivity index (χ2n) is 6.62. The maximum atomic E-state index is 12.9. The van der Waals surface area contributed by atoms with Crippen molar-refractivity contribution in [2.24, 2.45) is 5.92 Å². The highest BCUT2D eigenvalue weighted by molar-refractivity contribution is 7.89. The predicted molar refractivity (Wildman–Crippen MR) is 103 cm³/mol. The van der Waals surface area contributed by atoms with E-state index in [1.54, 1.807) is 44.6 Å². The molecule has 0 bridgehead atoms. The largest absolute Gasteiger partial charge is 0.353 e. The van der Waals surface area contributed by atoms with Crippen molar-refractivity contribution >= 4 is 27.4 Å². The molecule has 1 aromatic heterocycles. The summed E-state index contributed by atoms with van der Waals surface area (Å²) in [5, 5.41) is 2.76. The number of carbonyl (C=O) groups is 1. The normalized spacial score (nSPS) is 15.7. The van der Waals surface area contributed by atoms with E-state index in [1.165, 1.54) is 16.4 Å². The fourth-order valence-electron chi connectivity index (χ4n) is 2.76. The van der Waals surface area contributed by atoms with Crippen LogP contribution in [-0.2, 0) is 14.8 Å². The molecule has 3 rings (SSSR count). The van der Waals surface area contributed by atoms with Crippen LogP contribution in [0.25, 0.3) is 0 Å². The van der Waals surface area contributed by atoms with Gasteiger partial charge in [-0.3, -0.25) is 9.78 Å². The number of nitrogens with zero attached hydrogens (tertiary/aromatic N) is 4. The summed E-state index contributed by atoms with van der Waals surface area (Å²) in [6.07, 6.45) is 4.91. The van der Waals surface area contributed by atoms with Gasteiger partial charge in [0, 0.05) is 50.2 Å². The second-order valence-corrected chi connectivity index (χ2v) is 8.56. The highest BCUT2D eigenvalue weighted by Crippen LogP contribution is 2.21. The van der Waals surface area contributed by atoms with Crippen LogP contribution in [0.2, 0.25) is 0 Å². The van der Waals surface area contributed by atoms with Gasteiger partial charge in [-0.25, -0.2) is 13.4 Å². The molecule has 0 aliphatic carbocycles. The SMILES string of the molecule is CC(C)C(=O)Nc1ccc(S(=O)(=O)N2CCN(c3cnccn3)CC2)cc1. The van der Waals surface area contributed by atoms with E-state index in [1.807, 2.05) is 4.90 Å².